The summed E-state index contributed by atoms with van der Waals surface area (Å²) in [4.78, 5) is 19.5. The van der Waals surface area contributed by atoms with Gasteiger partial charge in [0, 0.05) is 11.7 Å². The summed E-state index contributed by atoms with van der Waals surface area (Å²) in [6.07, 6.45) is 0. The van der Waals surface area contributed by atoms with Crippen molar-refractivity contribution in [1.29, 1.82) is 0 Å². The predicted octanol–water partition coefficient (Wildman–Crippen LogP) is 3.71. The number of para-hydroxylation sites is 3. The van der Waals surface area contributed by atoms with Crippen LogP contribution >= 0.6 is 0 Å². The first-order valence-electron chi connectivity index (χ1n) is 8.84. The van der Waals surface area contributed by atoms with E-state index in [9.17, 15) is 9.90 Å². The molecular weight excluding hydrogens is 326 g/mol. The number of anilines is 1. The zero-order valence-corrected chi connectivity index (χ0v) is 15.7. The summed E-state index contributed by atoms with van der Waals surface area (Å²) in [5.74, 6) is 0.448. The summed E-state index contributed by atoms with van der Waals surface area (Å²) in [7, 11) is 0. The molecule has 0 unspecified atom stereocenters. The third-order valence-electron chi connectivity index (χ3n) is 4.31. The first kappa shape index (κ1) is 18.1. The topological polar surface area (TPSA) is 58.4 Å². The fraction of sp³-hybridized carbons (Fsp3) is 0.333. The monoisotopic (exact) mass is 351 g/mol. The Morgan fingerprint density at radius 1 is 1.12 bits per heavy atom. The molecule has 2 aromatic carbocycles. The zero-order valence-electron chi connectivity index (χ0n) is 15.7. The van der Waals surface area contributed by atoms with Gasteiger partial charge in [-0.05, 0) is 52.0 Å². The van der Waals surface area contributed by atoms with Gasteiger partial charge in [0.2, 0.25) is 5.91 Å². The molecule has 0 atom stereocenters. The van der Waals surface area contributed by atoms with Gasteiger partial charge in [0.05, 0.1) is 11.0 Å². The van der Waals surface area contributed by atoms with Crippen LogP contribution < -0.4 is 4.90 Å². The number of imidazole rings is 1. The van der Waals surface area contributed by atoms with E-state index in [1.807, 2.05) is 73.0 Å². The van der Waals surface area contributed by atoms with Crippen LogP contribution in [0.4, 0.5) is 5.69 Å². The van der Waals surface area contributed by atoms with Crippen LogP contribution in [0.3, 0.4) is 0 Å². The standard InChI is InChI=1S/C21H25N3O2/c1-15(2)24(16-10-6-5-7-11-16)19(25)14-23-18-13-9-8-12-17(18)22-20(23)21(3,4)26/h5-13,15,26H,14H2,1-4H3. The van der Waals surface area contributed by atoms with Gasteiger partial charge in [0.1, 0.15) is 18.0 Å². The molecule has 1 amide bonds. The molecule has 3 rings (SSSR count). The number of carbonyl (C=O) groups is 1. The largest absolute Gasteiger partial charge is 0.383 e. The summed E-state index contributed by atoms with van der Waals surface area (Å²) < 4.78 is 1.82. The maximum Gasteiger partial charge on any atom is 0.247 e. The molecule has 5 nitrogen and oxygen atoms in total. The second-order valence-corrected chi connectivity index (χ2v) is 7.26. The number of amides is 1. The molecule has 0 saturated heterocycles. The Hall–Kier alpha value is -2.66. The Morgan fingerprint density at radius 3 is 2.35 bits per heavy atom. The van der Waals surface area contributed by atoms with Gasteiger partial charge in [-0.1, -0.05) is 30.3 Å². The van der Waals surface area contributed by atoms with Crippen molar-refractivity contribution in [2.75, 3.05) is 4.90 Å². The van der Waals surface area contributed by atoms with Crippen molar-refractivity contribution in [2.45, 2.75) is 45.9 Å². The maximum absolute atomic E-state index is 13.2. The minimum absolute atomic E-state index is 0.0188. The number of benzene rings is 2. The van der Waals surface area contributed by atoms with E-state index in [4.69, 9.17) is 0 Å². The third-order valence-corrected chi connectivity index (χ3v) is 4.31. The van der Waals surface area contributed by atoms with Gasteiger partial charge < -0.3 is 14.6 Å². The normalized spacial score (nSPS) is 11.9. The molecule has 26 heavy (non-hydrogen) atoms. The predicted molar refractivity (Wildman–Crippen MR) is 104 cm³/mol. The van der Waals surface area contributed by atoms with Crippen molar-refractivity contribution < 1.29 is 9.90 Å². The molecule has 0 fully saturated rings. The Kier molecular flexibility index (Phi) is 4.83. The number of hydrogen-bond acceptors (Lipinski definition) is 3. The Morgan fingerprint density at radius 2 is 1.73 bits per heavy atom. The molecule has 0 saturated carbocycles. The summed E-state index contributed by atoms with van der Waals surface area (Å²) in [5.41, 5.74) is 1.33. The lowest BCUT2D eigenvalue weighted by Crippen LogP contribution is -2.40. The highest BCUT2D eigenvalue weighted by atomic mass is 16.3. The van der Waals surface area contributed by atoms with Crippen LogP contribution in [0.1, 0.15) is 33.5 Å². The first-order valence-corrected chi connectivity index (χ1v) is 8.84. The number of fused-ring (bicyclic) bond motifs is 1. The fourth-order valence-corrected chi connectivity index (χ4v) is 3.23. The summed E-state index contributed by atoms with van der Waals surface area (Å²) in [5, 5.41) is 10.5. The van der Waals surface area contributed by atoms with E-state index >= 15 is 0 Å². The highest BCUT2D eigenvalue weighted by Crippen LogP contribution is 2.26. The smallest absolute Gasteiger partial charge is 0.247 e. The molecule has 0 aliphatic rings. The average Bonchev–Trinajstić information content (AvgIpc) is 2.95. The summed E-state index contributed by atoms with van der Waals surface area (Å²) in [6.45, 7) is 7.48. The second kappa shape index (κ2) is 6.92. The van der Waals surface area contributed by atoms with Crippen molar-refractivity contribution in [2.24, 2.45) is 0 Å². The molecular formula is C21H25N3O2. The SMILES string of the molecule is CC(C)N(C(=O)Cn1c(C(C)(C)O)nc2ccccc21)c1ccccc1. The summed E-state index contributed by atoms with van der Waals surface area (Å²) >= 11 is 0. The lowest BCUT2D eigenvalue weighted by Gasteiger charge is -2.28. The van der Waals surface area contributed by atoms with Crippen LogP contribution in [0, 0.1) is 0 Å². The highest BCUT2D eigenvalue weighted by Gasteiger charge is 2.27. The molecule has 3 aromatic rings. The minimum Gasteiger partial charge on any atom is -0.383 e. The first-order chi connectivity index (χ1) is 12.3. The van der Waals surface area contributed by atoms with E-state index in [1.54, 1.807) is 18.7 Å². The number of hydrogen-bond donors (Lipinski definition) is 1. The molecule has 0 spiro atoms. The van der Waals surface area contributed by atoms with Gasteiger partial charge in [0.25, 0.3) is 0 Å². The van der Waals surface area contributed by atoms with Crippen molar-refractivity contribution in [3.63, 3.8) is 0 Å². The van der Waals surface area contributed by atoms with Crippen LogP contribution in [-0.4, -0.2) is 26.6 Å². The minimum atomic E-state index is -1.14. The van der Waals surface area contributed by atoms with E-state index in [1.165, 1.54) is 0 Å². The summed E-state index contributed by atoms with van der Waals surface area (Å²) in [6, 6.07) is 17.3. The van der Waals surface area contributed by atoms with E-state index in [0.717, 1.165) is 16.7 Å². The third kappa shape index (κ3) is 3.48. The molecule has 0 bridgehead atoms. The quantitative estimate of drug-likeness (QED) is 0.762. The second-order valence-electron chi connectivity index (χ2n) is 7.26. The van der Waals surface area contributed by atoms with Crippen LogP contribution in [0.25, 0.3) is 11.0 Å². The molecule has 1 heterocycles. The molecule has 1 N–H and O–H groups in total. The van der Waals surface area contributed by atoms with Crippen molar-refractivity contribution in [3.8, 4) is 0 Å². The zero-order chi connectivity index (χ0) is 18.9. The fourth-order valence-electron chi connectivity index (χ4n) is 3.23. The molecule has 1 aromatic heterocycles. The van der Waals surface area contributed by atoms with Gasteiger partial charge in [-0.2, -0.15) is 0 Å². The molecule has 5 heteroatoms. The van der Waals surface area contributed by atoms with Crippen molar-refractivity contribution in [3.05, 3.63) is 60.4 Å². The van der Waals surface area contributed by atoms with Gasteiger partial charge in [-0.15, -0.1) is 0 Å². The van der Waals surface area contributed by atoms with Gasteiger partial charge in [0.15, 0.2) is 0 Å². The van der Waals surface area contributed by atoms with Crippen molar-refractivity contribution in [1.82, 2.24) is 9.55 Å². The Labute approximate surface area is 153 Å². The highest BCUT2D eigenvalue weighted by molar-refractivity contribution is 5.94. The molecule has 0 aliphatic carbocycles. The van der Waals surface area contributed by atoms with Crippen molar-refractivity contribution >= 4 is 22.6 Å². The van der Waals surface area contributed by atoms with E-state index < -0.39 is 5.60 Å². The van der Waals surface area contributed by atoms with E-state index in [0.29, 0.717) is 5.82 Å². The van der Waals surface area contributed by atoms with Crippen LogP contribution in [0.2, 0.25) is 0 Å². The molecule has 0 radical (unpaired) electrons. The lowest BCUT2D eigenvalue weighted by molar-refractivity contribution is -0.119. The Balaban J connectivity index is 2.03. The number of carbonyl (C=O) groups excluding carboxylic acids is 1. The van der Waals surface area contributed by atoms with Crippen LogP contribution in [0.15, 0.2) is 54.6 Å². The Bertz CT molecular complexity index is 908. The number of rotatable bonds is 5. The number of aliphatic hydroxyl groups is 1. The molecule has 0 aliphatic heterocycles. The van der Waals surface area contributed by atoms with E-state index in [2.05, 4.69) is 4.98 Å². The lowest BCUT2D eigenvalue weighted by atomic mass is 10.1. The van der Waals surface area contributed by atoms with Crippen LogP contribution in [0.5, 0.6) is 0 Å². The van der Waals surface area contributed by atoms with E-state index in [-0.39, 0.29) is 18.5 Å². The molecule has 136 valence electrons. The van der Waals surface area contributed by atoms with Gasteiger partial charge in [-0.25, -0.2) is 4.98 Å². The average molecular weight is 351 g/mol. The number of aromatic nitrogens is 2. The van der Waals surface area contributed by atoms with Crippen LogP contribution in [-0.2, 0) is 16.9 Å². The number of nitrogens with zero attached hydrogens (tertiary/aromatic N) is 3. The van der Waals surface area contributed by atoms with Gasteiger partial charge in [-0.3, -0.25) is 4.79 Å². The van der Waals surface area contributed by atoms with Gasteiger partial charge >= 0.3 is 0 Å². The maximum atomic E-state index is 13.2.